The highest BCUT2D eigenvalue weighted by atomic mass is 16.5. The molecule has 76 valence electrons. The Balaban J connectivity index is 2.86. The zero-order valence-corrected chi connectivity index (χ0v) is 8.23. The van der Waals surface area contributed by atoms with Crippen molar-refractivity contribution in [3.05, 3.63) is 11.6 Å². The quantitative estimate of drug-likeness (QED) is 0.456. The first-order chi connectivity index (χ1) is 6.49. The van der Waals surface area contributed by atoms with Crippen LogP contribution in [0.1, 0.15) is 13.8 Å². The standard InChI is InChI=1S/C9H11NO4/c1-5-4-7(11)10(8(5)12)6(2)9(13)14-3/h4,6H,1-3H3. The minimum Gasteiger partial charge on any atom is -0.467 e. The maximum Gasteiger partial charge on any atom is 0.328 e. The van der Waals surface area contributed by atoms with Crippen molar-refractivity contribution >= 4 is 17.8 Å². The summed E-state index contributed by atoms with van der Waals surface area (Å²) in [6.07, 6.45) is 1.21. The first-order valence-corrected chi connectivity index (χ1v) is 4.12. The summed E-state index contributed by atoms with van der Waals surface area (Å²) >= 11 is 0. The lowest BCUT2D eigenvalue weighted by molar-refractivity contribution is -0.154. The maximum absolute atomic E-state index is 11.4. The van der Waals surface area contributed by atoms with Crippen LogP contribution >= 0.6 is 0 Å². The molecule has 0 radical (unpaired) electrons. The number of amides is 2. The SMILES string of the molecule is COC(=O)C(C)N1C(=O)C=C(C)C1=O. The molecular formula is C9H11NO4. The van der Waals surface area contributed by atoms with E-state index in [4.69, 9.17) is 0 Å². The van der Waals surface area contributed by atoms with Gasteiger partial charge in [-0.3, -0.25) is 14.5 Å². The van der Waals surface area contributed by atoms with Crippen LogP contribution in [0.4, 0.5) is 0 Å². The molecule has 1 rings (SSSR count). The highest BCUT2D eigenvalue weighted by Crippen LogP contribution is 2.15. The van der Waals surface area contributed by atoms with Crippen molar-refractivity contribution < 1.29 is 19.1 Å². The van der Waals surface area contributed by atoms with Gasteiger partial charge in [0.1, 0.15) is 6.04 Å². The van der Waals surface area contributed by atoms with E-state index in [0.717, 1.165) is 4.90 Å². The van der Waals surface area contributed by atoms with Crippen LogP contribution < -0.4 is 0 Å². The largest absolute Gasteiger partial charge is 0.467 e. The minimum atomic E-state index is -0.867. The molecule has 1 unspecified atom stereocenters. The molecule has 0 saturated heterocycles. The Bertz CT molecular complexity index is 332. The molecule has 0 bridgehead atoms. The van der Waals surface area contributed by atoms with E-state index >= 15 is 0 Å². The monoisotopic (exact) mass is 197 g/mol. The first kappa shape index (κ1) is 10.4. The van der Waals surface area contributed by atoms with Gasteiger partial charge in [0.05, 0.1) is 7.11 Å². The smallest absolute Gasteiger partial charge is 0.328 e. The molecule has 0 N–H and O–H groups in total. The number of hydrogen-bond acceptors (Lipinski definition) is 4. The maximum atomic E-state index is 11.4. The van der Waals surface area contributed by atoms with Crippen molar-refractivity contribution in [2.45, 2.75) is 19.9 Å². The Morgan fingerprint density at radius 3 is 2.43 bits per heavy atom. The molecule has 1 atom stereocenters. The zero-order chi connectivity index (χ0) is 10.9. The van der Waals surface area contributed by atoms with Crippen molar-refractivity contribution in [2.24, 2.45) is 0 Å². The Kier molecular flexibility index (Phi) is 2.69. The van der Waals surface area contributed by atoms with E-state index in [1.165, 1.54) is 27.0 Å². The van der Waals surface area contributed by atoms with Crippen LogP contribution in [-0.2, 0) is 19.1 Å². The molecule has 1 heterocycles. The van der Waals surface area contributed by atoms with Crippen LogP contribution in [0.2, 0.25) is 0 Å². The molecule has 1 aliphatic heterocycles. The number of methoxy groups -OCH3 is 1. The van der Waals surface area contributed by atoms with Crippen LogP contribution in [0.3, 0.4) is 0 Å². The molecule has 0 aliphatic carbocycles. The van der Waals surface area contributed by atoms with Crippen LogP contribution in [0.25, 0.3) is 0 Å². The third-order valence-electron chi connectivity index (χ3n) is 2.06. The fourth-order valence-corrected chi connectivity index (χ4v) is 1.25. The molecule has 14 heavy (non-hydrogen) atoms. The fourth-order valence-electron chi connectivity index (χ4n) is 1.25. The Morgan fingerprint density at radius 1 is 1.50 bits per heavy atom. The van der Waals surface area contributed by atoms with Gasteiger partial charge >= 0.3 is 5.97 Å². The summed E-state index contributed by atoms with van der Waals surface area (Å²) in [4.78, 5) is 34.7. The summed E-state index contributed by atoms with van der Waals surface area (Å²) in [5.74, 6) is -1.51. The zero-order valence-electron chi connectivity index (χ0n) is 8.23. The topological polar surface area (TPSA) is 63.7 Å². The predicted octanol–water partition coefficient (Wildman–Crippen LogP) is -0.137. The van der Waals surface area contributed by atoms with Gasteiger partial charge in [-0.25, -0.2) is 4.79 Å². The van der Waals surface area contributed by atoms with E-state index < -0.39 is 23.8 Å². The normalized spacial score (nSPS) is 18.2. The van der Waals surface area contributed by atoms with Crippen LogP contribution in [0.5, 0.6) is 0 Å². The molecule has 5 nitrogen and oxygen atoms in total. The van der Waals surface area contributed by atoms with Gasteiger partial charge in [-0.2, -0.15) is 0 Å². The third-order valence-corrected chi connectivity index (χ3v) is 2.06. The van der Waals surface area contributed by atoms with E-state index in [9.17, 15) is 14.4 Å². The number of carbonyl (C=O) groups excluding carboxylic acids is 3. The summed E-state index contributed by atoms with van der Waals surface area (Å²) in [5.41, 5.74) is 0.339. The van der Waals surface area contributed by atoms with Gasteiger partial charge in [-0.15, -0.1) is 0 Å². The van der Waals surface area contributed by atoms with Gasteiger partial charge in [-0.1, -0.05) is 0 Å². The predicted molar refractivity (Wildman–Crippen MR) is 47.1 cm³/mol. The van der Waals surface area contributed by atoms with Crippen LogP contribution in [0, 0.1) is 0 Å². The summed E-state index contributed by atoms with van der Waals surface area (Å²) < 4.78 is 4.45. The number of esters is 1. The molecule has 0 fully saturated rings. The molecule has 0 saturated carbocycles. The van der Waals surface area contributed by atoms with Crippen molar-refractivity contribution in [1.29, 1.82) is 0 Å². The second kappa shape index (κ2) is 3.61. The Labute approximate surface area is 81.3 Å². The number of imide groups is 1. The van der Waals surface area contributed by atoms with Gasteiger partial charge in [0, 0.05) is 11.6 Å². The second-order valence-electron chi connectivity index (χ2n) is 3.04. The molecule has 1 aliphatic rings. The van der Waals surface area contributed by atoms with Gasteiger partial charge in [-0.05, 0) is 13.8 Å². The number of ether oxygens (including phenoxy) is 1. The highest BCUT2D eigenvalue weighted by Gasteiger charge is 2.36. The first-order valence-electron chi connectivity index (χ1n) is 4.12. The molecule has 0 aromatic rings. The van der Waals surface area contributed by atoms with Gasteiger partial charge in [0.2, 0.25) is 0 Å². The summed E-state index contributed by atoms with van der Waals surface area (Å²) in [6.45, 7) is 2.98. The van der Waals surface area contributed by atoms with E-state index in [1.54, 1.807) is 0 Å². The Hall–Kier alpha value is -1.65. The lowest BCUT2D eigenvalue weighted by Gasteiger charge is -2.20. The van der Waals surface area contributed by atoms with Crippen LogP contribution in [-0.4, -0.2) is 35.8 Å². The molecular weight excluding hydrogens is 186 g/mol. The van der Waals surface area contributed by atoms with E-state index in [-0.39, 0.29) is 0 Å². The number of rotatable bonds is 2. The lowest BCUT2D eigenvalue weighted by atomic mass is 10.3. The van der Waals surface area contributed by atoms with Gasteiger partial charge < -0.3 is 4.74 Å². The van der Waals surface area contributed by atoms with Crippen molar-refractivity contribution in [3.8, 4) is 0 Å². The average Bonchev–Trinajstić information content (AvgIpc) is 2.39. The molecule has 0 aromatic heterocycles. The van der Waals surface area contributed by atoms with Gasteiger partial charge in [0.15, 0.2) is 0 Å². The summed E-state index contributed by atoms with van der Waals surface area (Å²) in [6, 6.07) is -0.867. The van der Waals surface area contributed by atoms with Crippen molar-refractivity contribution in [2.75, 3.05) is 7.11 Å². The summed E-state index contributed by atoms with van der Waals surface area (Å²) in [7, 11) is 1.21. The van der Waals surface area contributed by atoms with Crippen molar-refractivity contribution in [3.63, 3.8) is 0 Å². The van der Waals surface area contributed by atoms with Gasteiger partial charge in [0.25, 0.3) is 11.8 Å². The minimum absolute atomic E-state index is 0.339. The number of hydrogen-bond donors (Lipinski definition) is 0. The molecule has 2 amide bonds. The third kappa shape index (κ3) is 1.53. The second-order valence-corrected chi connectivity index (χ2v) is 3.04. The molecule has 0 aromatic carbocycles. The number of carbonyl (C=O) groups is 3. The highest BCUT2D eigenvalue weighted by molar-refractivity contribution is 6.17. The van der Waals surface area contributed by atoms with E-state index in [0.29, 0.717) is 5.57 Å². The Morgan fingerprint density at radius 2 is 2.07 bits per heavy atom. The average molecular weight is 197 g/mol. The molecule has 5 heteroatoms. The van der Waals surface area contributed by atoms with Crippen molar-refractivity contribution in [1.82, 2.24) is 4.90 Å². The van der Waals surface area contributed by atoms with Crippen LogP contribution in [0.15, 0.2) is 11.6 Å². The van der Waals surface area contributed by atoms with E-state index in [2.05, 4.69) is 4.74 Å². The fraction of sp³-hybridized carbons (Fsp3) is 0.444. The molecule has 0 spiro atoms. The number of nitrogens with zero attached hydrogens (tertiary/aromatic N) is 1. The summed E-state index contributed by atoms with van der Waals surface area (Å²) in [5, 5.41) is 0. The lowest BCUT2D eigenvalue weighted by Crippen LogP contribution is -2.44. The van der Waals surface area contributed by atoms with E-state index in [1.807, 2.05) is 0 Å².